The second kappa shape index (κ2) is 5.89. The molecule has 0 N–H and O–H groups in total. The number of benzene rings is 1. The van der Waals surface area contributed by atoms with Gasteiger partial charge in [-0.1, -0.05) is 17.7 Å². The summed E-state index contributed by atoms with van der Waals surface area (Å²) in [6, 6.07) is 7.64. The van der Waals surface area contributed by atoms with Crippen molar-refractivity contribution in [2.45, 2.75) is 19.8 Å². The van der Waals surface area contributed by atoms with Gasteiger partial charge < -0.3 is 4.74 Å². The van der Waals surface area contributed by atoms with Crippen molar-refractivity contribution in [2.24, 2.45) is 0 Å². The van der Waals surface area contributed by atoms with Crippen LogP contribution in [0.1, 0.15) is 33.0 Å². The number of thiophene rings is 1. The smallest absolute Gasteiger partial charge is 0.185 e. The highest BCUT2D eigenvalue weighted by molar-refractivity contribution is 7.08. The van der Waals surface area contributed by atoms with Gasteiger partial charge in [-0.05, 0) is 30.9 Å². The molecule has 1 unspecified atom stereocenters. The third kappa shape index (κ3) is 2.59. The SMILES string of the molecule is COc1ccc(C)cc1C(C#N)C(=O)c1cscc1C. The zero-order chi connectivity index (χ0) is 14.7. The number of hydrogen-bond acceptors (Lipinski definition) is 4. The Balaban J connectivity index is 2.49. The first-order valence-electron chi connectivity index (χ1n) is 6.19. The molecule has 102 valence electrons. The van der Waals surface area contributed by atoms with Crippen LogP contribution in [0.3, 0.4) is 0 Å². The van der Waals surface area contributed by atoms with E-state index in [1.165, 1.54) is 11.3 Å². The number of carbonyl (C=O) groups is 1. The maximum atomic E-state index is 12.6. The molecule has 0 radical (unpaired) electrons. The molecule has 2 rings (SSSR count). The van der Waals surface area contributed by atoms with Gasteiger partial charge in [0.1, 0.15) is 11.7 Å². The number of methoxy groups -OCH3 is 1. The Labute approximate surface area is 122 Å². The van der Waals surface area contributed by atoms with Gasteiger partial charge in [0.15, 0.2) is 5.78 Å². The van der Waals surface area contributed by atoms with Crippen molar-refractivity contribution < 1.29 is 9.53 Å². The average Bonchev–Trinajstić information content (AvgIpc) is 2.86. The maximum absolute atomic E-state index is 12.6. The van der Waals surface area contributed by atoms with Crippen LogP contribution in [0.4, 0.5) is 0 Å². The number of nitrogens with zero attached hydrogens (tertiary/aromatic N) is 1. The number of ketones is 1. The number of nitriles is 1. The molecule has 0 aliphatic carbocycles. The minimum atomic E-state index is -0.835. The van der Waals surface area contributed by atoms with Gasteiger partial charge in [-0.3, -0.25) is 4.79 Å². The molecule has 1 aromatic carbocycles. The van der Waals surface area contributed by atoms with Crippen LogP contribution >= 0.6 is 11.3 Å². The summed E-state index contributed by atoms with van der Waals surface area (Å²) in [6.07, 6.45) is 0. The van der Waals surface area contributed by atoms with Gasteiger partial charge in [0.2, 0.25) is 0 Å². The summed E-state index contributed by atoms with van der Waals surface area (Å²) >= 11 is 1.47. The van der Waals surface area contributed by atoms with Gasteiger partial charge in [0.25, 0.3) is 0 Å². The van der Waals surface area contributed by atoms with Crippen LogP contribution in [-0.2, 0) is 0 Å². The number of ether oxygens (including phenoxy) is 1. The van der Waals surface area contributed by atoms with Crippen molar-refractivity contribution in [3.8, 4) is 11.8 Å². The Hall–Kier alpha value is -2.12. The van der Waals surface area contributed by atoms with Gasteiger partial charge in [-0.15, -0.1) is 0 Å². The lowest BCUT2D eigenvalue weighted by molar-refractivity contribution is 0.0977. The zero-order valence-electron chi connectivity index (χ0n) is 11.6. The maximum Gasteiger partial charge on any atom is 0.185 e. The molecule has 0 fully saturated rings. The van der Waals surface area contributed by atoms with E-state index in [0.717, 1.165) is 11.1 Å². The van der Waals surface area contributed by atoms with Crippen molar-refractivity contribution in [3.63, 3.8) is 0 Å². The summed E-state index contributed by atoms with van der Waals surface area (Å²) in [5, 5.41) is 13.1. The zero-order valence-corrected chi connectivity index (χ0v) is 12.5. The fraction of sp³-hybridized carbons (Fsp3) is 0.250. The molecule has 0 saturated heterocycles. The Morgan fingerprint density at radius 3 is 2.65 bits per heavy atom. The molecule has 3 nitrogen and oxygen atoms in total. The lowest BCUT2D eigenvalue weighted by atomic mass is 9.90. The second-order valence-corrected chi connectivity index (χ2v) is 5.38. The Morgan fingerprint density at radius 1 is 1.35 bits per heavy atom. The molecule has 1 atom stereocenters. The molecule has 0 aliphatic rings. The number of carbonyl (C=O) groups excluding carboxylic acids is 1. The van der Waals surface area contributed by atoms with Crippen molar-refractivity contribution in [1.82, 2.24) is 0 Å². The highest BCUT2D eigenvalue weighted by Gasteiger charge is 2.26. The first-order chi connectivity index (χ1) is 9.58. The second-order valence-electron chi connectivity index (χ2n) is 4.64. The molecule has 0 amide bonds. The minimum absolute atomic E-state index is 0.171. The third-order valence-corrected chi connectivity index (χ3v) is 4.07. The Bertz CT molecular complexity index is 682. The predicted octanol–water partition coefficient (Wildman–Crippen LogP) is 3.86. The van der Waals surface area contributed by atoms with Crippen LogP contribution < -0.4 is 4.74 Å². The molecule has 0 spiro atoms. The van der Waals surface area contributed by atoms with E-state index in [-0.39, 0.29) is 5.78 Å². The first-order valence-corrected chi connectivity index (χ1v) is 7.14. The normalized spacial score (nSPS) is 11.7. The summed E-state index contributed by atoms with van der Waals surface area (Å²) < 4.78 is 5.28. The van der Waals surface area contributed by atoms with E-state index < -0.39 is 5.92 Å². The van der Waals surface area contributed by atoms with Crippen LogP contribution in [0, 0.1) is 25.2 Å². The van der Waals surface area contributed by atoms with Crippen molar-refractivity contribution in [1.29, 1.82) is 5.26 Å². The van der Waals surface area contributed by atoms with Gasteiger partial charge >= 0.3 is 0 Å². The van der Waals surface area contributed by atoms with E-state index in [1.54, 1.807) is 18.6 Å². The van der Waals surface area contributed by atoms with Gasteiger partial charge in [-0.25, -0.2) is 0 Å². The third-order valence-electron chi connectivity index (χ3n) is 3.21. The Kier molecular flexibility index (Phi) is 4.21. The Morgan fingerprint density at radius 2 is 2.10 bits per heavy atom. The van der Waals surface area contributed by atoms with Crippen LogP contribution in [0.25, 0.3) is 0 Å². The highest BCUT2D eigenvalue weighted by Crippen LogP contribution is 2.31. The summed E-state index contributed by atoms with van der Waals surface area (Å²) in [4.78, 5) is 12.6. The summed E-state index contributed by atoms with van der Waals surface area (Å²) in [7, 11) is 1.54. The van der Waals surface area contributed by atoms with E-state index in [0.29, 0.717) is 16.9 Å². The molecular weight excluding hydrogens is 270 g/mol. The molecule has 1 aromatic heterocycles. The lowest BCUT2D eigenvalue weighted by Gasteiger charge is -2.13. The standard InChI is InChI=1S/C16H15NO2S/c1-10-4-5-15(19-3)12(6-10)13(7-17)16(18)14-9-20-8-11(14)2/h4-6,8-9,13H,1-3H3. The van der Waals surface area contributed by atoms with Crippen LogP contribution in [0.5, 0.6) is 5.75 Å². The van der Waals surface area contributed by atoms with E-state index >= 15 is 0 Å². The van der Waals surface area contributed by atoms with E-state index in [1.807, 2.05) is 31.4 Å². The number of Topliss-reactive ketones (excluding diaryl/α,β-unsaturated/α-hetero) is 1. The van der Waals surface area contributed by atoms with Crippen LogP contribution in [-0.4, -0.2) is 12.9 Å². The summed E-state index contributed by atoms with van der Waals surface area (Å²) in [5.41, 5.74) is 3.15. The van der Waals surface area contributed by atoms with Gasteiger partial charge in [-0.2, -0.15) is 16.6 Å². The monoisotopic (exact) mass is 285 g/mol. The number of aryl methyl sites for hydroxylation is 2. The molecule has 0 aliphatic heterocycles. The van der Waals surface area contributed by atoms with Gasteiger partial charge in [0, 0.05) is 16.5 Å². The molecule has 0 bridgehead atoms. The quantitative estimate of drug-likeness (QED) is 0.801. The van der Waals surface area contributed by atoms with Crippen molar-refractivity contribution >= 4 is 17.1 Å². The largest absolute Gasteiger partial charge is 0.496 e. The first kappa shape index (κ1) is 14.3. The number of hydrogen-bond donors (Lipinski definition) is 0. The van der Waals surface area contributed by atoms with Crippen molar-refractivity contribution in [2.75, 3.05) is 7.11 Å². The molecule has 1 heterocycles. The molecule has 4 heteroatoms. The fourth-order valence-corrected chi connectivity index (χ4v) is 2.95. The lowest BCUT2D eigenvalue weighted by Crippen LogP contribution is -2.13. The average molecular weight is 285 g/mol. The molecule has 20 heavy (non-hydrogen) atoms. The number of rotatable bonds is 4. The highest BCUT2D eigenvalue weighted by atomic mass is 32.1. The van der Waals surface area contributed by atoms with E-state index in [4.69, 9.17) is 4.74 Å². The van der Waals surface area contributed by atoms with E-state index in [2.05, 4.69) is 6.07 Å². The predicted molar refractivity (Wildman–Crippen MR) is 79.5 cm³/mol. The van der Waals surface area contributed by atoms with E-state index in [9.17, 15) is 10.1 Å². The molecule has 2 aromatic rings. The van der Waals surface area contributed by atoms with Crippen LogP contribution in [0.15, 0.2) is 29.0 Å². The van der Waals surface area contributed by atoms with Gasteiger partial charge in [0.05, 0.1) is 13.2 Å². The molecule has 0 saturated carbocycles. The summed E-state index contributed by atoms with van der Waals surface area (Å²) in [6.45, 7) is 3.81. The fourth-order valence-electron chi connectivity index (χ4n) is 2.12. The van der Waals surface area contributed by atoms with Crippen LogP contribution in [0.2, 0.25) is 0 Å². The topological polar surface area (TPSA) is 50.1 Å². The molecular formula is C16H15NO2S. The minimum Gasteiger partial charge on any atom is -0.496 e. The van der Waals surface area contributed by atoms with Crippen molar-refractivity contribution in [3.05, 3.63) is 51.2 Å². The summed E-state index contributed by atoms with van der Waals surface area (Å²) in [5.74, 6) is -0.434.